The van der Waals surface area contributed by atoms with Crippen molar-refractivity contribution in [1.29, 1.82) is 0 Å². The summed E-state index contributed by atoms with van der Waals surface area (Å²) in [6.45, 7) is 1.54. The number of alkyl halides is 2. The molecule has 3 N–H and O–H groups in total. The van der Waals surface area contributed by atoms with E-state index in [0.717, 1.165) is 5.56 Å². The molecular weight excluding hydrogens is 370 g/mol. The van der Waals surface area contributed by atoms with Gasteiger partial charge < -0.3 is 15.5 Å². The molecule has 9 heteroatoms. The van der Waals surface area contributed by atoms with Gasteiger partial charge in [-0.25, -0.2) is 8.78 Å². The molecule has 1 aromatic rings. The second-order valence-corrected chi connectivity index (χ2v) is 7.51. The molecule has 28 heavy (non-hydrogen) atoms. The Morgan fingerprint density at radius 2 is 2.00 bits per heavy atom. The Bertz CT molecular complexity index is 812. The smallest absolute Gasteiger partial charge is 0.255 e. The molecule has 0 radical (unpaired) electrons. The first-order valence-corrected chi connectivity index (χ1v) is 9.43. The maximum Gasteiger partial charge on any atom is 0.255 e. The Morgan fingerprint density at radius 3 is 2.64 bits per heavy atom. The van der Waals surface area contributed by atoms with Gasteiger partial charge in [0.15, 0.2) is 0 Å². The zero-order valence-corrected chi connectivity index (χ0v) is 15.2. The van der Waals surface area contributed by atoms with Crippen LogP contribution in [0.2, 0.25) is 0 Å². The number of carbonyl (C=O) groups excluding carboxylic acids is 3. The van der Waals surface area contributed by atoms with E-state index in [1.54, 1.807) is 12.1 Å². The number of benzene rings is 1. The highest BCUT2D eigenvalue weighted by Crippen LogP contribution is 2.30. The van der Waals surface area contributed by atoms with E-state index in [1.165, 1.54) is 4.90 Å². The topological polar surface area (TPSA) is 90.5 Å². The van der Waals surface area contributed by atoms with Gasteiger partial charge in [0.2, 0.25) is 11.8 Å². The number of piperidine rings is 1. The summed E-state index contributed by atoms with van der Waals surface area (Å²) in [6, 6.07) is 3.73. The van der Waals surface area contributed by atoms with Crippen molar-refractivity contribution >= 4 is 17.7 Å². The number of fused-ring (bicyclic) bond motifs is 1. The lowest BCUT2D eigenvalue weighted by atomic mass is 9.93. The molecule has 150 valence electrons. The molecule has 2 fully saturated rings. The van der Waals surface area contributed by atoms with Crippen molar-refractivity contribution in [3.63, 3.8) is 0 Å². The van der Waals surface area contributed by atoms with Gasteiger partial charge in [-0.3, -0.25) is 19.7 Å². The van der Waals surface area contributed by atoms with Crippen molar-refractivity contribution in [2.45, 2.75) is 44.4 Å². The molecule has 3 aliphatic heterocycles. The number of carbonyl (C=O) groups is 3. The third-order valence-corrected chi connectivity index (χ3v) is 5.76. The summed E-state index contributed by atoms with van der Waals surface area (Å²) in [4.78, 5) is 38.0. The van der Waals surface area contributed by atoms with E-state index in [1.807, 2.05) is 6.07 Å². The molecule has 0 bridgehead atoms. The predicted molar refractivity (Wildman–Crippen MR) is 95.5 cm³/mol. The van der Waals surface area contributed by atoms with E-state index in [-0.39, 0.29) is 37.2 Å². The van der Waals surface area contributed by atoms with Crippen LogP contribution in [0.4, 0.5) is 8.78 Å². The van der Waals surface area contributed by atoms with Gasteiger partial charge in [0, 0.05) is 44.1 Å². The summed E-state index contributed by atoms with van der Waals surface area (Å²) in [5.41, 5.74) is 1.89. The fraction of sp³-hybridized carbons (Fsp3) is 0.526. The molecule has 1 aromatic carbocycles. The van der Waals surface area contributed by atoms with E-state index < -0.39 is 24.4 Å². The molecule has 3 heterocycles. The summed E-state index contributed by atoms with van der Waals surface area (Å²) in [5.74, 6) is -1.22. The Kier molecular flexibility index (Phi) is 5.11. The lowest BCUT2D eigenvalue weighted by Gasteiger charge is -2.35. The summed E-state index contributed by atoms with van der Waals surface area (Å²) in [6.07, 6.45) is -2.00. The lowest BCUT2D eigenvalue weighted by molar-refractivity contribution is -0.136. The van der Waals surface area contributed by atoms with Gasteiger partial charge in [0.25, 0.3) is 12.3 Å². The maximum absolute atomic E-state index is 13.4. The minimum atomic E-state index is -2.49. The van der Waals surface area contributed by atoms with Crippen LogP contribution in [0, 0.1) is 5.92 Å². The molecule has 2 atom stereocenters. The van der Waals surface area contributed by atoms with Gasteiger partial charge >= 0.3 is 0 Å². The number of imide groups is 1. The molecule has 2 unspecified atom stereocenters. The zero-order chi connectivity index (χ0) is 19.8. The van der Waals surface area contributed by atoms with E-state index in [0.29, 0.717) is 30.6 Å². The van der Waals surface area contributed by atoms with Gasteiger partial charge in [0.05, 0.1) is 6.04 Å². The van der Waals surface area contributed by atoms with Crippen molar-refractivity contribution in [1.82, 2.24) is 20.9 Å². The second kappa shape index (κ2) is 7.56. The fourth-order valence-electron chi connectivity index (χ4n) is 4.09. The van der Waals surface area contributed by atoms with Crippen LogP contribution in [0.1, 0.15) is 34.3 Å². The molecule has 2 saturated heterocycles. The van der Waals surface area contributed by atoms with Crippen LogP contribution in [-0.2, 0) is 22.7 Å². The highest BCUT2D eigenvalue weighted by molar-refractivity contribution is 6.05. The Balaban J connectivity index is 1.50. The Hall–Kier alpha value is -2.39. The minimum Gasteiger partial charge on any atom is -0.322 e. The lowest BCUT2D eigenvalue weighted by Crippen LogP contribution is -2.56. The molecule has 0 aromatic heterocycles. The highest BCUT2D eigenvalue weighted by atomic mass is 19.3. The number of amides is 3. The van der Waals surface area contributed by atoms with Gasteiger partial charge in [-0.05, 0) is 17.5 Å². The number of nitrogens with zero attached hydrogens (tertiary/aromatic N) is 1. The van der Waals surface area contributed by atoms with Gasteiger partial charge in [-0.1, -0.05) is 18.2 Å². The Morgan fingerprint density at radius 1 is 1.21 bits per heavy atom. The van der Waals surface area contributed by atoms with E-state index in [9.17, 15) is 23.2 Å². The largest absolute Gasteiger partial charge is 0.322 e. The molecule has 0 aliphatic carbocycles. The summed E-state index contributed by atoms with van der Waals surface area (Å²) >= 11 is 0. The quantitative estimate of drug-likeness (QED) is 0.610. The normalized spacial score (nSPS) is 23.6. The van der Waals surface area contributed by atoms with Gasteiger partial charge in [-0.15, -0.1) is 0 Å². The standard InChI is InChI=1S/C19H22F2N4O3/c20-17(21)16(12-6-22-7-12)23-8-10-2-1-3-11-9-25(19(28)15(10)11)13-4-5-14(26)24-18(13)27/h1-3,12-13,16-17,22-23H,4-9H2,(H,24,26,27). The molecule has 4 rings (SSSR count). The summed E-state index contributed by atoms with van der Waals surface area (Å²) in [7, 11) is 0. The number of halogens is 2. The molecule has 3 aliphatic rings. The average molecular weight is 392 g/mol. The first-order chi connectivity index (χ1) is 13.5. The third kappa shape index (κ3) is 3.40. The molecular formula is C19H22F2N4O3. The Labute approximate surface area is 160 Å². The van der Waals surface area contributed by atoms with Gasteiger partial charge in [0.1, 0.15) is 6.04 Å². The first-order valence-electron chi connectivity index (χ1n) is 9.43. The van der Waals surface area contributed by atoms with Gasteiger partial charge in [-0.2, -0.15) is 0 Å². The van der Waals surface area contributed by atoms with Crippen molar-refractivity contribution in [2.24, 2.45) is 5.92 Å². The number of nitrogens with one attached hydrogen (secondary N) is 3. The molecule has 0 saturated carbocycles. The second-order valence-electron chi connectivity index (χ2n) is 7.51. The van der Waals surface area contributed by atoms with Crippen LogP contribution in [0.25, 0.3) is 0 Å². The monoisotopic (exact) mass is 392 g/mol. The van der Waals surface area contributed by atoms with E-state index in [4.69, 9.17) is 0 Å². The van der Waals surface area contributed by atoms with E-state index >= 15 is 0 Å². The average Bonchev–Trinajstić information content (AvgIpc) is 2.94. The number of hydrogen-bond acceptors (Lipinski definition) is 5. The van der Waals surface area contributed by atoms with Crippen molar-refractivity contribution in [3.8, 4) is 0 Å². The zero-order valence-electron chi connectivity index (χ0n) is 15.2. The number of rotatable bonds is 6. The molecule has 7 nitrogen and oxygen atoms in total. The van der Waals surface area contributed by atoms with Crippen LogP contribution in [0.3, 0.4) is 0 Å². The van der Waals surface area contributed by atoms with Crippen LogP contribution in [0.15, 0.2) is 18.2 Å². The first kappa shape index (κ1) is 18.9. The van der Waals surface area contributed by atoms with Crippen LogP contribution in [-0.4, -0.2) is 54.2 Å². The van der Waals surface area contributed by atoms with E-state index in [2.05, 4.69) is 16.0 Å². The summed E-state index contributed by atoms with van der Waals surface area (Å²) < 4.78 is 26.7. The van der Waals surface area contributed by atoms with Crippen molar-refractivity contribution < 1.29 is 23.2 Å². The SMILES string of the molecule is O=C1CCC(N2Cc3cccc(CNC(C(F)F)C4CNC4)c3C2=O)C(=O)N1. The van der Waals surface area contributed by atoms with Crippen LogP contribution >= 0.6 is 0 Å². The maximum atomic E-state index is 13.4. The minimum absolute atomic E-state index is 0.132. The summed E-state index contributed by atoms with van der Waals surface area (Å²) in [5, 5.41) is 8.18. The van der Waals surface area contributed by atoms with Crippen molar-refractivity contribution in [3.05, 3.63) is 34.9 Å². The fourth-order valence-corrected chi connectivity index (χ4v) is 4.09. The highest BCUT2D eigenvalue weighted by Gasteiger charge is 2.40. The predicted octanol–water partition coefficient (Wildman–Crippen LogP) is 0.390. The molecule has 0 spiro atoms. The molecule has 3 amide bonds. The third-order valence-electron chi connectivity index (χ3n) is 5.76. The van der Waals surface area contributed by atoms with Crippen LogP contribution in [0.5, 0.6) is 0 Å². The number of hydrogen-bond donors (Lipinski definition) is 3. The van der Waals surface area contributed by atoms with Crippen LogP contribution < -0.4 is 16.0 Å². The van der Waals surface area contributed by atoms with Crippen molar-refractivity contribution in [2.75, 3.05) is 13.1 Å².